The van der Waals surface area contributed by atoms with Crippen molar-refractivity contribution in [2.24, 2.45) is 0 Å². The minimum absolute atomic E-state index is 0.197. The lowest BCUT2D eigenvalue weighted by molar-refractivity contribution is 0.399. The van der Waals surface area contributed by atoms with Gasteiger partial charge in [-0.3, -0.25) is 0 Å². The van der Waals surface area contributed by atoms with Gasteiger partial charge in [0.05, 0.1) is 8.95 Å². The molecule has 0 amide bonds. The van der Waals surface area contributed by atoms with Crippen molar-refractivity contribution in [2.75, 3.05) is 0 Å². The fourth-order valence-corrected chi connectivity index (χ4v) is 3.54. The van der Waals surface area contributed by atoms with Gasteiger partial charge in [0.1, 0.15) is 0 Å². The zero-order valence-electron chi connectivity index (χ0n) is 10.8. The molecule has 7 heteroatoms. The Morgan fingerprint density at radius 1 is 0.810 bits per heavy atom. The minimum Gasteiger partial charge on any atom is -0.504 e. The summed E-state index contributed by atoms with van der Waals surface area (Å²) in [7, 11) is 0. The van der Waals surface area contributed by atoms with E-state index in [4.69, 9.17) is 0 Å². The van der Waals surface area contributed by atoms with Crippen LogP contribution < -0.4 is 0 Å². The van der Waals surface area contributed by atoms with E-state index in [1.807, 2.05) is 6.92 Å². The molecule has 0 aliphatic carbocycles. The van der Waals surface area contributed by atoms with E-state index in [1.165, 1.54) is 12.1 Å². The predicted molar refractivity (Wildman–Crippen MR) is 90.2 cm³/mol. The molecule has 2 rings (SSSR count). The van der Waals surface area contributed by atoms with E-state index in [2.05, 4.69) is 47.8 Å². The maximum Gasteiger partial charge on any atom is 0.173 e. The van der Waals surface area contributed by atoms with Crippen LogP contribution in [0.2, 0.25) is 0 Å². The molecule has 0 aliphatic rings. The van der Waals surface area contributed by atoms with Crippen LogP contribution in [0.5, 0.6) is 23.0 Å². The minimum atomic E-state index is -0.241. The Labute approximate surface area is 146 Å². The maximum atomic E-state index is 9.80. The molecule has 0 saturated heterocycles. The molecule has 112 valence electrons. The van der Waals surface area contributed by atoms with Gasteiger partial charge in [-0.25, -0.2) is 0 Å². The van der Waals surface area contributed by atoms with Crippen molar-refractivity contribution in [2.45, 2.75) is 13.3 Å². The SMILES string of the molecule is Cc1cc(O)c(O)c(Br)c1Cc1cc(O)c(O)c(Br)c1Br. The molecule has 4 N–H and O–H groups in total. The molecule has 0 aromatic heterocycles. The topological polar surface area (TPSA) is 80.9 Å². The lowest BCUT2D eigenvalue weighted by Crippen LogP contribution is -1.96. The molecule has 0 heterocycles. The van der Waals surface area contributed by atoms with Crippen LogP contribution in [0.25, 0.3) is 0 Å². The van der Waals surface area contributed by atoms with Crippen LogP contribution in [0.4, 0.5) is 0 Å². The fourth-order valence-electron chi connectivity index (χ4n) is 1.98. The van der Waals surface area contributed by atoms with Gasteiger partial charge in [-0.15, -0.1) is 0 Å². The number of benzene rings is 2. The van der Waals surface area contributed by atoms with Crippen LogP contribution >= 0.6 is 47.8 Å². The van der Waals surface area contributed by atoms with E-state index < -0.39 is 0 Å². The molecule has 0 radical (unpaired) electrons. The Bertz CT molecular complexity index is 729. The van der Waals surface area contributed by atoms with Crippen molar-refractivity contribution in [3.63, 3.8) is 0 Å². The number of aryl methyl sites for hydroxylation is 1. The second-order valence-electron chi connectivity index (χ2n) is 4.56. The number of hydrogen-bond donors (Lipinski definition) is 4. The Morgan fingerprint density at radius 3 is 1.95 bits per heavy atom. The zero-order chi connectivity index (χ0) is 15.9. The summed E-state index contributed by atoms with van der Waals surface area (Å²) in [5.41, 5.74) is 2.27. The lowest BCUT2D eigenvalue weighted by atomic mass is 9.99. The highest BCUT2D eigenvalue weighted by atomic mass is 79.9. The van der Waals surface area contributed by atoms with Crippen LogP contribution in [-0.4, -0.2) is 20.4 Å². The van der Waals surface area contributed by atoms with Crippen LogP contribution in [0.15, 0.2) is 25.6 Å². The molecule has 0 spiro atoms. The van der Waals surface area contributed by atoms with Crippen molar-refractivity contribution < 1.29 is 20.4 Å². The molecule has 0 saturated carbocycles. The van der Waals surface area contributed by atoms with Gasteiger partial charge in [-0.1, -0.05) is 0 Å². The number of hydrogen-bond acceptors (Lipinski definition) is 4. The first-order chi connectivity index (χ1) is 9.73. The van der Waals surface area contributed by atoms with Crippen molar-refractivity contribution in [1.82, 2.24) is 0 Å². The van der Waals surface area contributed by atoms with Gasteiger partial charge in [0.15, 0.2) is 23.0 Å². The van der Waals surface area contributed by atoms with Gasteiger partial charge in [0, 0.05) is 10.9 Å². The highest BCUT2D eigenvalue weighted by Crippen LogP contribution is 2.44. The number of aromatic hydroxyl groups is 4. The van der Waals surface area contributed by atoms with E-state index >= 15 is 0 Å². The average molecular weight is 483 g/mol. The summed E-state index contributed by atoms with van der Waals surface area (Å²) < 4.78 is 1.36. The van der Waals surface area contributed by atoms with Gasteiger partial charge < -0.3 is 20.4 Å². The molecule has 0 unspecified atom stereocenters. The number of phenolic OH excluding ortho intramolecular Hbond substituents is 4. The fraction of sp³-hybridized carbons (Fsp3) is 0.143. The van der Waals surface area contributed by atoms with E-state index in [-0.39, 0.29) is 23.0 Å². The molecular weight excluding hydrogens is 472 g/mol. The first-order valence-corrected chi connectivity index (χ1v) is 8.20. The summed E-state index contributed by atoms with van der Waals surface area (Å²) in [4.78, 5) is 0. The molecule has 0 aliphatic heterocycles. The number of halogens is 3. The molecule has 0 fully saturated rings. The lowest BCUT2D eigenvalue weighted by Gasteiger charge is -2.14. The quantitative estimate of drug-likeness (QED) is 0.468. The standard InChI is InChI=1S/C14H11Br3O4/c1-5-2-8(18)13(20)11(16)7(5)3-6-4-9(19)14(21)12(17)10(6)15/h2,4,18-21H,3H2,1H3. The van der Waals surface area contributed by atoms with Crippen molar-refractivity contribution in [3.8, 4) is 23.0 Å². The van der Waals surface area contributed by atoms with Crippen LogP contribution in [-0.2, 0) is 6.42 Å². The molecule has 0 atom stereocenters. The van der Waals surface area contributed by atoms with Gasteiger partial charge in [-0.2, -0.15) is 0 Å². The first kappa shape index (κ1) is 16.5. The van der Waals surface area contributed by atoms with Gasteiger partial charge in [-0.05, 0) is 83.5 Å². The molecular formula is C14H11Br3O4. The summed E-state index contributed by atoms with van der Waals surface area (Å²) in [6, 6.07) is 2.92. The Balaban J connectivity index is 2.56. The summed E-state index contributed by atoms with van der Waals surface area (Å²) in [5.74, 6) is -0.905. The monoisotopic (exact) mass is 480 g/mol. The van der Waals surface area contributed by atoms with Crippen LogP contribution in [0, 0.1) is 6.92 Å². The third-order valence-corrected chi connectivity index (χ3v) is 6.21. The summed E-state index contributed by atoms with van der Waals surface area (Å²) >= 11 is 9.83. The zero-order valence-corrected chi connectivity index (χ0v) is 15.5. The number of rotatable bonds is 2. The van der Waals surface area contributed by atoms with Crippen molar-refractivity contribution in [1.29, 1.82) is 0 Å². The molecule has 0 bridgehead atoms. The second-order valence-corrected chi connectivity index (χ2v) is 6.94. The van der Waals surface area contributed by atoms with Crippen molar-refractivity contribution >= 4 is 47.8 Å². The van der Waals surface area contributed by atoms with Crippen LogP contribution in [0.1, 0.15) is 16.7 Å². The largest absolute Gasteiger partial charge is 0.504 e. The maximum absolute atomic E-state index is 9.80. The van der Waals surface area contributed by atoms with Gasteiger partial charge >= 0.3 is 0 Å². The van der Waals surface area contributed by atoms with E-state index in [0.717, 1.165) is 11.1 Å². The summed E-state index contributed by atoms with van der Waals surface area (Å²) in [6.45, 7) is 1.81. The Hall–Kier alpha value is -0.920. The Kier molecular flexibility index (Phi) is 4.75. The highest BCUT2D eigenvalue weighted by Gasteiger charge is 2.18. The smallest absolute Gasteiger partial charge is 0.173 e. The third-order valence-electron chi connectivity index (χ3n) is 3.15. The molecule has 2 aromatic rings. The molecule has 2 aromatic carbocycles. The van der Waals surface area contributed by atoms with Gasteiger partial charge in [0.2, 0.25) is 0 Å². The normalized spacial score (nSPS) is 10.9. The molecule has 21 heavy (non-hydrogen) atoms. The Morgan fingerprint density at radius 2 is 1.33 bits per heavy atom. The third kappa shape index (κ3) is 3.00. The van der Waals surface area contributed by atoms with Crippen molar-refractivity contribution in [3.05, 3.63) is 42.2 Å². The van der Waals surface area contributed by atoms with E-state index in [9.17, 15) is 20.4 Å². The van der Waals surface area contributed by atoms with E-state index in [1.54, 1.807) is 0 Å². The van der Waals surface area contributed by atoms with Crippen LogP contribution in [0.3, 0.4) is 0 Å². The first-order valence-electron chi connectivity index (χ1n) is 5.82. The predicted octanol–water partition coefficient (Wildman–Crippen LogP) is 4.70. The van der Waals surface area contributed by atoms with E-state index in [0.29, 0.717) is 25.4 Å². The molecule has 4 nitrogen and oxygen atoms in total. The highest BCUT2D eigenvalue weighted by molar-refractivity contribution is 9.13. The second kappa shape index (κ2) is 6.06. The summed E-state index contributed by atoms with van der Waals surface area (Å²) in [6.07, 6.45) is 0.382. The average Bonchev–Trinajstić information content (AvgIpc) is 2.44. The number of phenols is 4. The summed E-state index contributed by atoms with van der Waals surface area (Å²) in [5, 5.41) is 38.8. The van der Waals surface area contributed by atoms with Gasteiger partial charge in [0.25, 0.3) is 0 Å².